The van der Waals surface area contributed by atoms with Crippen molar-refractivity contribution in [1.29, 1.82) is 0 Å². The lowest BCUT2D eigenvalue weighted by Crippen LogP contribution is -2.32. The van der Waals surface area contributed by atoms with E-state index in [0.717, 1.165) is 31.2 Å². The van der Waals surface area contributed by atoms with Crippen LogP contribution in [0, 0.1) is 25.7 Å². The number of rotatable bonds is 8. The SMILES string of the molecule is C=C(c1cc(C2=CC=CC(CC)C(OC)=C2)cc(C)c1C)N1CCC(CCCC)CC1. The van der Waals surface area contributed by atoms with Crippen molar-refractivity contribution in [2.45, 2.75) is 66.2 Å². The Labute approximate surface area is 190 Å². The van der Waals surface area contributed by atoms with Crippen LogP contribution in [-0.4, -0.2) is 25.1 Å². The lowest BCUT2D eigenvalue weighted by molar-refractivity contribution is 0.243. The number of likely N-dealkylation sites (tertiary alicyclic amines) is 1. The molecule has 1 heterocycles. The van der Waals surface area contributed by atoms with Crippen molar-refractivity contribution in [3.05, 3.63) is 71.0 Å². The number of aryl methyl sites for hydroxylation is 1. The lowest BCUT2D eigenvalue weighted by atomic mass is 9.89. The van der Waals surface area contributed by atoms with E-state index in [9.17, 15) is 0 Å². The average molecular weight is 420 g/mol. The zero-order chi connectivity index (χ0) is 22.4. The molecule has 2 aliphatic rings. The third-order valence-electron chi connectivity index (χ3n) is 7.23. The summed E-state index contributed by atoms with van der Waals surface area (Å²) in [5.74, 6) is 2.27. The molecule has 0 N–H and O–H groups in total. The lowest BCUT2D eigenvalue weighted by Gasteiger charge is -2.35. The first-order chi connectivity index (χ1) is 15.0. The fraction of sp³-hybridized carbons (Fsp3) is 0.517. The molecule has 168 valence electrons. The zero-order valence-corrected chi connectivity index (χ0v) is 20.3. The Bertz CT molecular complexity index is 865. The summed E-state index contributed by atoms with van der Waals surface area (Å²) in [5, 5.41) is 0. The van der Waals surface area contributed by atoms with Gasteiger partial charge in [0, 0.05) is 30.3 Å². The summed E-state index contributed by atoms with van der Waals surface area (Å²) in [6, 6.07) is 4.64. The fourth-order valence-corrected chi connectivity index (χ4v) is 4.90. The van der Waals surface area contributed by atoms with Crippen molar-refractivity contribution in [3.63, 3.8) is 0 Å². The third-order valence-corrected chi connectivity index (χ3v) is 7.23. The van der Waals surface area contributed by atoms with Gasteiger partial charge in [-0.2, -0.15) is 0 Å². The standard InChI is InChI=1S/C29H41NO/c1-7-9-11-24-14-16-30(17-15-24)23(5)28-19-27(18-21(3)22(28)4)26-13-10-12-25(8-2)29(20-26)31-6/h10,12-13,18-20,24-25H,5,7-9,11,14-17H2,1-4,6H3. The second-order valence-electron chi connectivity index (χ2n) is 9.26. The molecular weight excluding hydrogens is 378 g/mol. The number of nitrogens with zero attached hydrogens (tertiary/aromatic N) is 1. The quantitative estimate of drug-likeness (QED) is 0.428. The monoisotopic (exact) mass is 419 g/mol. The van der Waals surface area contributed by atoms with E-state index in [-0.39, 0.29) is 0 Å². The molecular formula is C29H41NO. The number of benzene rings is 1. The Balaban J connectivity index is 1.84. The highest BCUT2D eigenvalue weighted by Gasteiger charge is 2.22. The van der Waals surface area contributed by atoms with Crippen LogP contribution in [0.3, 0.4) is 0 Å². The van der Waals surface area contributed by atoms with Gasteiger partial charge in [-0.3, -0.25) is 0 Å². The predicted molar refractivity (Wildman–Crippen MR) is 135 cm³/mol. The number of unbranched alkanes of at least 4 members (excludes halogenated alkanes) is 1. The molecule has 0 aromatic heterocycles. The van der Waals surface area contributed by atoms with Gasteiger partial charge in [-0.15, -0.1) is 0 Å². The van der Waals surface area contributed by atoms with Crippen LogP contribution in [0.25, 0.3) is 11.3 Å². The van der Waals surface area contributed by atoms with Gasteiger partial charge >= 0.3 is 0 Å². The van der Waals surface area contributed by atoms with E-state index >= 15 is 0 Å². The van der Waals surface area contributed by atoms with Gasteiger partial charge in [-0.05, 0) is 73.4 Å². The molecule has 31 heavy (non-hydrogen) atoms. The van der Waals surface area contributed by atoms with Crippen LogP contribution in [0.5, 0.6) is 0 Å². The van der Waals surface area contributed by atoms with Gasteiger partial charge in [0.15, 0.2) is 0 Å². The number of allylic oxidation sites excluding steroid dienone is 5. The summed E-state index contributed by atoms with van der Waals surface area (Å²) in [7, 11) is 1.78. The molecule has 1 fully saturated rings. The number of hydrogen-bond acceptors (Lipinski definition) is 2. The Morgan fingerprint density at radius 1 is 1.16 bits per heavy atom. The second-order valence-corrected chi connectivity index (χ2v) is 9.26. The van der Waals surface area contributed by atoms with E-state index in [1.165, 1.54) is 65.6 Å². The normalized spacial score (nSPS) is 19.6. The van der Waals surface area contributed by atoms with Crippen molar-refractivity contribution >= 4 is 11.3 Å². The Morgan fingerprint density at radius 3 is 2.55 bits per heavy atom. The maximum Gasteiger partial charge on any atom is 0.103 e. The second kappa shape index (κ2) is 10.9. The van der Waals surface area contributed by atoms with Gasteiger partial charge < -0.3 is 9.64 Å². The third kappa shape index (κ3) is 5.53. The molecule has 0 bridgehead atoms. The van der Waals surface area contributed by atoms with Crippen LogP contribution in [0.1, 0.15) is 74.6 Å². The highest BCUT2D eigenvalue weighted by Crippen LogP contribution is 2.33. The van der Waals surface area contributed by atoms with E-state index in [0.29, 0.717) is 5.92 Å². The first kappa shape index (κ1) is 23.4. The van der Waals surface area contributed by atoms with Gasteiger partial charge in [0.25, 0.3) is 0 Å². The topological polar surface area (TPSA) is 12.5 Å². The van der Waals surface area contributed by atoms with Gasteiger partial charge in [0.1, 0.15) is 5.76 Å². The van der Waals surface area contributed by atoms with E-state index in [2.05, 4.69) is 75.6 Å². The van der Waals surface area contributed by atoms with Crippen molar-refractivity contribution in [2.24, 2.45) is 11.8 Å². The number of hydrogen-bond donors (Lipinski definition) is 0. The summed E-state index contributed by atoms with van der Waals surface area (Å²) in [5.41, 5.74) is 7.58. The van der Waals surface area contributed by atoms with Crippen LogP contribution in [0.4, 0.5) is 0 Å². The van der Waals surface area contributed by atoms with Crippen molar-refractivity contribution in [3.8, 4) is 0 Å². The molecule has 2 heteroatoms. The average Bonchev–Trinajstić information content (AvgIpc) is 3.01. The molecule has 2 nitrogen and oxygen atoms in total. The first-order valence-corrected chi connectivity index (χ1v) is 12.2. The summed E-state index contributed by atoms with van der Waals surface area (Å²) in [6.45, 7) is 15.8. The molecule has 1 aliphatic heterocycles. The molecule has 1 aromatic rings. The highest BCUT2D eigenvalue weighted by atomic mass is 16.5. The van der Waals surface area contributed by atoms with Gasteiger partial charge in [0.05, 0.1) is 7.11 Å². The molecule has 1 atom stereocenters. The molecule has 1 unspecified atom stereocenters. The summed E-state index contributed by atoms with van der Waals surface area (Å²) < 4.78 is 5.73. The largest absolute Gasteiger partial charge is 0.500 e. The van der Waals surface area contributed by atoms with Gasteiger partial charge in [-0.25, -0.2) is 0 Å². The number of methoxy groups -OCH3 is 1. The molecule has 3 rings (SSSR count). The minimum absolute atomic E-state index is 0.341. The molecule has 1 aromatic carbocycles. The maximum absolute atomic E-state index is 5.73. The Hall–Kier alpha value is -2.22. The van der Waals surface area contributed by atoms with E-state index < -0.39 is 0 Å². The molecule has 0 saturated carbocycles. The van der Waals surface area contributed by atoms with Crippen LogP contribution < -0.4 is 0 Å². The van der Waals surface area contributed by atoms with Crippen molar-refractivity contribution < 1.29 is 4.74 Å². The van der Waals surface area contributed by atoms with Crippen LogP contribution in [0.15, 0.2) is 48.8 Å². The summed E-state index contributed by atoms with van der Waals surface area (Å²) in [6.07, 6.45) is 16.5. The molecule has 0 amide bonds. The van der Waals surface area contributed by atoms with Crippen LogP contribution in [0.2, 0.25) is 0 Å². The van der Waals surface area contributed by atoms with E-state index in [1.54, 1.807) is 7.11 Å². The summed E-state index contributed by atoms with van der Waals surface area (Å²) in [4.78, 5) is 2.51. The van der Waals surface area contributed by atoms with Crippen LogP contribution >= 0.6 is 0 Å². The molecule has 1 saturated heterocycles. The first-order valence-electron chi connectivity index (χ1n) is 12.2. The molecule has 0 radical (unpaired) electrons. The van der Waals surface area contributed by atoms with Crippen molar-refractivity contribution in [1.82, 2.24) is 4.90 Å². The van der Waals surface area contributed by atoms with Gasteiger partial charge in [0.2, 0.25) is 0 Å². The van der Waals surface area contributed by atoms with E-state index in [1.807, 2.05) is 0 Å². The van der Waals surface area contributed by atoms with Crippen molar-refractivity contribution in [2.75, 3.05) is 20.2 Å². The Kier molecular flexibility index (Phi) is 8.23. The van der Waals surface area contributed by atoms with E-state index in [4.69, 9.17) is 4.74 Å². The predicted octanol–water partition coefficient (Wildman–Crippen LogP) is 7.69. The number of ether oxygens (including phenoxy) is 1. The minimum atomic E-state index is 0.341. The minimum Gasteiger partial charge on any atom is -0.500 e. The Morgan fingerprint density at radius 2 is 1.90 bits per heavy atom. The summed E-state index contributed by atoms with van der Waals surface area (Å²) >= 11 is 0. The smallest absolute Gasteiger partial charge is 0.103 e. The fourth-order valence-electron chi connectivity index (χ4n) is 4.90. The highest BCUT2D eigenvalue weighted by molar-refractivity contribution is 5.80. The maximum atomic E-state index is 5.73. The zero-order valence-electron chi connectivity index (χ0n) is 20.3. The molecule has 0 spiro atoms. The van der Waals surface area contributed by atoms with Crippen LogP contribution in [-0.2, 0) is 4.74 Å². The number of piperidine rings is 1. The van der Waals surface area contributed by atoms with Gasteiger partial charge in [-0.1, -0.05) is 64.0 Å². The molecule has 1 aliphatic carbocycles.